The van der Waals surface area contributed by atoms with E-state index in [1.54, 1.807) is 0 Å². The van der Waals surface area contributed by atoms with Crippen LogP contribution in [0.4, 0.5) is 35.1 Å². The molecule has 0 atom stereocenters. The van der Waals surface area contributed by atoms with Crippen molar-refractivity contribution in [3.05, 3.63) is 164 Å². The molecule has 0 aliphatic rings. The summed E-state index contributed by atoms with van der Waals surface area (Å²) in [6.07, 6.45) is 0. The zero-order valence-corrected chi connectivity index (χ0v) is 27.8. The van der Waals surface area contributed by atoms with Gasteiger partial charge < -0.3 is 10.2 Å². The molecule has 2 heterocycles. The molecule has 56 heavy (non-hydrogen) atoms. The highest BCUT2D eigenvalue weighted by molar-refractivity contribution is 5.95. The van der Waals surface area contributed by atoms with Crippen LogP contribution in [0.15, 0.2) is 107 Å². The average molecular weight is 771 g/mol. The maximum Gasteiger partial charge on any atom is 0.279 e. The number of rotatable bonds is 5. The second kappa shape index (κ2) is 13.2. The van der Waals surface area contributed by atoms with Crippen LogP contribution in [-0.2, 0) is 0 Å². The van der Waals surface area contributed by atoms with Gasteiger partial charge in [-0.15, -0.1) is 0 Å². The molecule has 0 spiro atoms. The topological polar surface area (TPSA) is 110 Å². The van der Waals surface area contributed by atoms with Crippen LogP contribution < -0.4 is 11.1 Å². The lowest BCUT2D eigenvalue weighted by Crippen LogP contribution is -2.26. The molecule has 2 aromatic heterocycles. The number of phenolic OH excluding ortho intramolecular Hbond substituents is 2. The highest BCUT2D eigenvalue weighted by atomic mass is 19.2. The summed E-state index contributed by atoms with van der Waals surface area (Å²) in [4.78, 5) is 27.0. The Bertz CT molecular complexity index is 2810. The Morgan fingerprint density at radius 2 is 0.679 bits per heavy atom. The number of aromatic hydroxyl groups is 2. The molecule has 0 bridgehead atoms. The molecule has 0 aliphatic carbocycles. The number of aromatic nitrogens is 4. The van der Waals surface area contributed by atoms with Gasteiger partial charge >= 0.3 is 0 Å². The van der Waals surface area contributed by atoms with Gasteiger partial charge in [0.05, 0.1) is 33.3 Å². The Balaban J connectivity index is 1.35. The quantitative estimate of drug-likeness (QED) is 0.134. The van der Waals surface area contributed by atoms with Crippen LogP contribution in [0.3, 0.4) is 0 Å². The van der Waals surface area contributed by atoms with Crippen LogP contribution in [0.5, 0.6) is 11.5 Å². The van der Waals surface area contributed by atoms with Crippen LogP contribution in [0.25, 0.3) is 66.6 Å². The monoisotopic (exact) mass is 770 g/mol. The van der Waals surface area contributed by atoms with Crippen LogP contribution in [0.1, 0.15) is 0 Å². The van der Waals surface area contributed by atoms with Crippen LogP contribution in [0, 0.1) is 46.5 Å². The Kier molecular flexibility index (Phi) is 8.40. The summed E-state index contributed by atoms with van der Waals surface area (Å²) in [7, 11) is 0. The van der Waals surface area contributed by atoms with Crippen LogP contribution in [-0.4, -0.2) is 29.8 Å². The van der Waals surface area contributed by atoms with Crippen molar-refractivity contribution < 1.29 is 45.3 Å². The number of nitrogens with zero attached hydrogens (tertiary/aromatic N) is 4. The summed E-state index contributed by atoms with van der Waals surface area (Å²) in [6.45, 7) is 0. The van der Waals surface area contributed by atoms with Crippen molar-refractivity contribution >= 4 is 21.5 Å². The van der Waals surface area contributed by atoms with Gasteiger partial charge in [-0.05, 0) is 60.7 Å². The van der Waals surface area contributed by atoms with Crippen molar-refractivity contribution in [3.63, 3.8) is 0 Å². The molecule has 278 valence electrons. The standard InChI is InChI=1S/C40H18F8N4O4/c41-27-25(28(42)32(46)37(31(27)45)51-39(55)23-7-3-1-5-21(23)35(49-51)17-9-13-19(53)14-10-17)26-29(43)33(47)38(34(48)30(26)44)52-40(56)24-8-4-2-6-22(24)36(50-52)18-11-15-20(54)16-12-18/h1-16,53-54H. The Labute approximate surface area is 307 Å². The maximum absolute atomic E-state index is 16.0. The molecule has 0 saturated heterocycles. The van der Waals surface area contributed by atoms with E-state index in [2.05, 4.69) is 10.2 Å². The molecule has 0 saturated carbocycles. The van der Waals surface area contributed by atoms with E-state index in [4.69, 9.17) is 0 Å². The van der Waals surface area contributed by atoms with E-state index in [0.29, 0.717) is 0 Å². The van der Waals surface area contributed by atoms with Gasteiger partial charge in [-0.2, -0.15) is 19.6 Å². The molecule has 0 aliphatic heterocycles. The zero-order chi connectivity index (χ0) is 39.7. The van der Waals surface area contributed by atoms with Crippen LogP contribution in [0.2, 0.25) is 0 Å². The van der Waals surface area contributed by atoms with E-state index < -0.39 is 80.2 Å². The third-order valence-corrected chi connectivity index (χ3v) is 9.05. The Morgan fingerprint density at radius 3 is 0.982 bits per heavy atom. The minimum atomic E-state index is -2.56. The van der Waals surface area contributed by atoms with Crippen molar-refractivity contribution in [3.8, 4) is 56.5 Å². The van der Waals surface area contributed by atoms with E-state index in [-0.39, 0.29) is 64.9 Å². The predicted molar refractivity (Wildman–Crippen MR) is 188 cm³/mol. The van der Waals surface area contributed by atoms with Gasteiger partial charge in [-0.1, -0.05) is 36.4 Å². The molecule has 2 N–H and O–H groups in total. The smallest absolute Gasteiger partial charge is 0.279 e. The number of halogens is 8. The normalized spacial score (nSPS) is 11.5. The van der Waals surface area contributed by atoms with Crippen molar-refractivity contribution in [2.75, 3.05) is 0 Å². The molecule has 8 nitrogen and oxygen atoms in total. The van der Waals surface area contributed by atoms with E-state index in [0.717, 1.165) is 0 Å². The molecule has 0 radical (unpaired) electrons. The van der Waals surface area contributed by atoms with Gasteiger partial charge in [0.2, 0.25) is 0 Å². The van der Waals surface area contributed by atoms with Crippen molar-refractivity contribution in [1.82, 2.24) is 19.6 Å². The highest BCUT2D eigenvalue weighted by Gasteiger charge is 2.36. The third-order valence-electron chi connectivity index (χ3n) is 9.05. The lowest BCUT2D eigenvalue weighted by Gasteiger charge is -2.18. The molecule has 0 amide bonds. The molecule has 8 rings (SSSR count). The largest absolute Gasteiger partial charge is 0.508 e. The fourth-order valence-electron chi connectivity index (χ4n) is 6.40. The zero-order valence-electron chi connectivity index (χ0n) is 27.8. The van der Waals surface area contributed by atoms with Gasteiger partial charge in [-0.25, -0.2) is 35.1 Å². The predicted octanol–water partition coefficient (Wildman–Crippen LogP) is 8.61. The van der Waals surface area contributed by atoms with Crippen molar-refractivity contribution in [2.24, 2.45) is 0 Å². The fourth-order valence-corrected chi connectivity index (χ4v) is 6.40. The number of fused-ring (bicyclic) bond motifs is 2. The highest BCUT2D eigenvalue weighted by Crippen LogP contribution is 2.40. The molecular weight excluding hydrogens is 752 g/mol. The Hall–Kier alpha value is -7.36. The van der Waals surface area contributed by atoms with Crippen molar-refractivity contribution in [1.29, 1.82) is 0 Å². The minimum absolute atomic E-state index is 0.0222. The van der Waals surface area contributed by atoms with Gasteiger partial charge in [0.25, 0.3) is 11.1 Å². The van der Waals surface area contributed by atoms with E-state index in [1.807, 2.05) is 0 Å². The minimum Gasteiger partial charge on any atom is -0.508 e. The summed E-state index contributed by atoms with van der Waals surface area (Å²) < 4.78 is 128. The van der Waals surface area contributed by atoms with Gasteiger partial charge in [-0.3, -0.25) is 9.59 Å². The van der Waals surface area contributed by atoms with Crippen LogP contribution >= 0.6 is 0 Å². The van der Waals surface area contributed by atoms with Crippen molar-refractivity contribution in [2.45, 2.75) is 0 Å². The first-order valence-electron chi connectivity index (χ1n) is 16.2. The number of hydrogen-bond donors (Lipinski definition) is 2. The number of benzene rings is 6. The van der Waals surface area contributed by atoms with Gasteiger partial charge in [0.15, 0.2) is 46.5 Å². The van der Waals surface area contributed by atoms with E-state index in [9.17, 15) is 19.8 Å². The number of phenols is 2. The summed E-state index contributed by atoms with van der Waals surface area (Å²) in [5, 5.41) is 27.1. The maximum atomic E-state index is 16.0. The molecule has 0 unspecified atom stereocenters. The average Bonchev–Trinajstić information content (AvgIpc) is 3.20. The van der Waals surface area contributed by atoms with E-state index in [1.165, 1.54) is 97.1 Å². The first-order valence-corrected chi connectivity index (χ1v) is 16.2. The SMILES string of the molecule is O=c1c2ccccc2c(-c2ccc(O)cc2)nn1-c1c(F)c(F)c(-c2c(F)c(F)c(-n3nc(-c4ccc(O)cc4)c4ccccc4c3=O)c(F)c2F)c(F)c1F. The second-order valence-corrected chi connectivity index (χ2v) is 12.3. The molecule has 6 aromatic carbocycles. The van der Waals surface area contributed by atoms with E-state index >= 15 is 35.1 Å². The summed E-state index contributed by atoms with van der Waals surface area (Å²) >= 11 is 0. The summed E-state index contributed by atoms with van der Waals surface area (Å²) in [6, 6.07) is 21.2. The molecular formula is C40H18F8N4O4. The van der Waals surface area contributed by atoms with Gasteiger partial charge in [0, 0.05) is 21.9 Å². The van der Waals surface area contributed by atoms with Gasteiger partial charge in [0.1, 0.15) is 22.9 Å². The lowest BCUT2D eigenvalue weighted by molar-refractivity contribution is 0.431. The first kappa shape index (κ1) is 35.7. The summed E-state index contributed by atoms with van der Waals surface area (Å²) in [5.41, 5.74) is -10.5. The second-order valence-electron chi connectivity index (χ2n) is 12.3. The number of hydrogen-bond acceptors (Lipinski definition) is 6. The first-order chi connectivity index (χ1) is 26.8. The fraction of sp³-hybridized carbons (Fsp3) is 0. The molecule has 0 fully saturated rings. The lowest BCUT2D eigenvalue weighted by atomic mass is 9.99. The summed E-state index contributed by atoms with van der Waals surface area (Å²) in [5.74, 6) is -20.3. The molecule has 16 heteroatoms. The Morgan fingerprint density at radius 1 is 0.393 bits per heavy atom. The third kappa shape index (κ3) is 5.36. The molecule has 8 aromatic rings.